The third-order valence-electron chi connectivity index (χ3n) is 4.41. The van der Waals surface area contributed by atoms with Crippen molar-refractivity contribution >= 4 is 15.8 Å². The molecule has 0 heterocycles. The van der Waals surface area contributed by atoms with Crippen LogP contribution < -0.4 is 10.6 Å². The number of hydrogen-bond donors (Lipinski definition) is 2. The number of hydrogen-bond acceptors (Lipinski definition) is 4. The molecule has 1 aliphatic rings. The number of rotatable bonds is 9. The highest BCUT2D eigenvalue weighted by Gasteiger charge is 2.36. The first-order valence-electron chi connectivity index (χ1n) is 7.94. The third kappa shape index (κ3) is 6.96. The Balaban J connectivity index is 2.38. The van der Waals surface area contributed by atoms with E-state index >= 15 is 0 Å². The number of guanidine groups is 1. The molecule has 1 unspecified atom stereocenters. The number of nitrogens with one attached hydrogen (secondary N) is 2. The van der Waals surface area contributed by atoms with E-state index in [2.05, 4.69) is 15.6 Å². The van der Waals surface area contributed by atoms with E-state index in [1.54, 1.807) is 14.2 Å². The average molecular weight is 333 g/mol. The Hall–Kier alpha value is -0.820. The summed E-state index contributed by atoms with van der Waals surface area (Å²) in [6, 6.07) is 0.0669. The van der Waals surface area contributed by atoms with Gasteiger partial charge in [-0.25, -0.2) is 8.42 Å². The van der Waals surface area contributed by atoms with Gasteiger partial charge >= 0.3 is 0 Å². The molecule has 7 heteroatoms. The summed E-state index contributed by atoms with van der Waals surface area (Å²) in [7, 11) is 0.561. The van der Waals surface area contributed by atoms with Crippen molar-refractivity contribution in [2.24, 2.45) is 10.4 Å². The Morgan fingerprint density at radius 1 is 1.41 bits per heavy atom. The molecule has 0 aromatic heterocycles. The van der Waals surface area contributed by atoms with Crippen LogP contribution in [0.15, 0.2) is 4.99 Å². The minimum absolute atomic E-state index is 0.0669. The van der Waals surface area contributed by atoms with E-state index in [-0.39, 0.29) is 11.8 Å². The van der Waals surface area contributed by atoms with Crippen LogP contribution >= 0.6 is 0 Å². The van der Waals surface area contributed by atoms with Crippen LogP contribution in [0.3, 0.4) is 0 Å². The SMILES string of the molecule is CN=C(NCC1(CCOC)CCC1)NC(C)CCS(C)(=O)=O. The van der Waals surface area contributed by atoms with Crippen molar-refractivity contribution in [3.05, 3.63) is 0 Å². The Morgan fingerprint density at radius 3 is 2.55 bits per heavy atom. The lowest BCUT2D eigenvalue weighted by Crippen LogP contribution is -2.49. The van der Waals surface area contributed by atoms with E-state index < -0.39 is 9.84 Å². The molecular weight excluding hydrogens is 302 g/mol. The Morgan fingerprint density at radius 2 is 2.09 bits per heavy atom. The lowest BCUT2D eigenvalue weighted by atomic mass is 9.67. The van der Waals surface area contributed by atoms with Gasteiger partial charge in [0.2, 0.25) is 0 Å². The molecule has 0 amide bonds. The second-order valence-electron chi connectivity index (χ2n) is 6.49. The molecule has 0 aromatic rings. The highest BCUT2D eigenvalue weighted by molar-refractivity contribution is 7.90. The predicted octanol–water partition coefficient (Wildman–Crippen LogP) is 1.18. The van der Waals surface area contributed by atoms with Crippen LogP contribution in [0.5, 0.6) is 0 Å². The van der Waals surface area contributed by atoms with Crippen molar-refractivity contribution in [1.29, 1.82) is 0 Å². The van der Waals surface area contributed by atoms with Gasteiger partial charge in [-0.3, -0.25) is 4.99 Å². The van der Waals surface area contributed by atoms with E-state index in [4.69, 9.17) is 4.74 Å². The summed E-state index contributed by atoms with van der Waals surface area (Å²) < 4.78 is 27.6. The molecule has 6 nitrogen and oxygen atoms in total. The van der Waals surface area contributed by atoms with Crippen LogP contribution in [-0.4, -0.2) is 59.7 Å². The quantitative estimate of drug-likeness (QED) is 0.489. The zero-order valence-electron chi connectivity index (χ0n) is 14.3. The molecule has 1 fully saturated rings. The van der Waals surface area contributed by atoms with Gasteiger partial charge in [0.05, 0.1) is 5.75 Å². The lowest BCUT2D eigenvalue weighted by molar-refractivity contribution is 0.0732. The van der Waals surface area contributed by atoms with Gasteiger partial charge in [-0.1, -0.05) is 6.42 Å². The minimum atomic E-state index is -2.92. The fourth-order valence-corrected chi connectivity index (χ4v) is 3.45. The highest BCUT2D eigenvalue weighted by Crippen LogP contribution is 2.43. The van der Waals surface area contributed by atoms with Crippen molar-refractivity contribution in [3.63, 3.8) is 0 Å². The Kier molecular flexibility index (Phi) is 7.62. The topological polar surface area (TPSA) is 79.8 Å². The molecule has 0 aliphatic heterocycles. The maximum atomic E-state index is 11.2. The van der Waals surface area contributed by atoms with Crippen molar-refractivity contribution in [1.82, 2.24) is 10.6 Å². The summed E-state index contributed by atoms with van der Waals surface area (Å²) in [5.74, 6) is 0.931. The van der Waals surface area contributed by atoms with Crippen LogP contribution in [0.1, 0.15) is 39.0 Å². The monoisotopic (exact) mass is 333 g/mol. The van der Waals surface area contributed by atoms with Gasteiger partial charge in [-0.05, 0) is 38.0 Å². The molecule has 1 saturated carbocycles. The van der Waals surface area contributed by atoms with Gasteiger partial charge in [0.25, 0.3) is 0 Å². The summed E-state index contributed by atoms with van der Waals surface area (Å²) in [4.78, 5) is 4.23. The molecule has 1 atom stereocenters. The molecule has 22 heavy (non-hydrogen) atoms. The van der Waals surface area contributed by atoms with E-state index in [0.29, 0.717) is 11.8 Å². The van der Waals surface area contributed by atoms with Crippen LogP contribution in [0, 0.1) is 5.41 Å². The van der Waals surface area contributed by atoms with Gasteiger partial charge in [-0.2, -0.15) is 0 Å². The number of ether oxygens (including phenoxy) is 1. The number of nitrogens with zero attached hydrogens (tertiary/aromatic N) is 1. The van der Waals surface area contributed by atoms with E-state index in [9.17, 15) is 8.42 Å². The number of sulfone groups is 1. The summed E-state index contributed by atoms with van der Waals surface area (Å²) in [5.41, 5.74) is 0.323. The van der Waals surface area contributed by atoms with Crippen LogP contribution in [0.25, 0.3) is 0 Å². The van der Waals surface area contributed by atoms with Gasteiger partial charge in [-0.15, -0.1) is 0 Å². The van der Waals surface area contributed by atoms with Crippen molar-refractivity contribution in [3.8, 4) is 0 Å². The maximum absolute atomic E-state index is 11.2. The molecule has 1 rings (SSSR count). The summed E-state index contributed by atoms with van der Waals surface area (Å²) >= 11 is 0. The first-order chi connectivity index (χ1) is 10.3. The second kappa shape index (κ2) is 8.72. The standard InChI is InChI=1S/C15H31N3O3S/c1-13(6-11-22(4,19)20)18-14(16-2)17-12-15(7-5-8-15)9-10-21-3/h13H,5-12H2,1-4H3,(H2,16,17,18). The summed E-state index contributed by atoms with van der Waals surface area (Å²) in [5, 5.41) is 6.64. The molecule has 0 radical (unpaired) electrons. The highest BCUT2D eigenvalue weighted by atomic mass is 32.2. The zero-order chi connectivity index (χ0) is 16.6. The molecule has 0 aromatic carbocycles. The molecule has 0 bridgehead atoms. The van der Waals surface area contributed by atoms with Crippen molar-refractivity contribution < 1.29 is 13.2 Å². The minimum Gasteiger partial charge on any atom is -0.385 e. The number of aliphatic imine (C=N–C) groups is 1. The first kappa shape index (κ1) is 19.2. The smallest absolute Gasteiger partial charge is 0.191 e. The average Bonchev–Trinajstić information content (AvgIpc) is 2.41. The largest absolute Gasteiger partial charge is 0.385 e. The van der Waals surface area contributed by atoms with Crippen molar-refractivity contribution in [2.75, 3.05) is 39.3 Å². The Labute approximate surface area is 135 Å². The zero-order valence-corrected chi connectivity index (χ0v) is 15.1. The third-order valence-corrected chi connectivity index (χ3v) is 5.39. The molecule has 0 spiro atoms. The molecule has 1 aliphatic carbocycles. The first-order valence-corrected chi connectivity index (χ1v) is 10.0. The summed E-state index contributed by atoms with van der Waals surface area (Å²) in [6.07, 6.45) is 6.64. The van der Waals surface area contributed by atoms with Gasteiger partial charge in [0.1, 0.15) is 9.84 Å². The van der Waals surface area contributed by atoms with Gasteiger partial charge < -0.3 is 15.4 Å². The molecule has 0 saturated heterocycles. The van der Waals surface area contributed by atoms with Crippen LogP contribution in [0.2, 0.25) is 0 Å². The van der Waals surface area contributed by atoms with E-state index in [1.807, 2.05) is 6.92 Å². The fraction of sp³-hybridized carbons (Fsp3) is 0.933. The second-order valence-corrected chi connectivity index (χ2v) is 8.75. The normalized spacial score (nSPS) is 19.4. The molecule has 130 valence electrons. The summed E-state index contributed by atoms with van der Waals surface area (Å²) in [6.45, 7) is 3.65. The van der Waals surface area contributed by atoms with Crippen LogP contribution in [0.4, 0.5) is 0 Å². The van der Waals surface area contributed by atoms with Gasteiger partial charge in [0.15, 0.2) is 5.96 Å². The van der Waals surface area contributed by atoms with E-state index in [1.165, 1.54) is 25.5 Å². The van der Waals surface area contributed by atoms with E-state index in [0.717, 1.165) is 25.5 Å². The lowest BCUT2D eigenvalue weighted by Gasteiger charge is -2.42. The number of methoxy groups -OCH3 is 1. The fourth-order valence-electron chi connectivity index (χ4n) is 2.67. The van der Waals surface area contributed by atoms with Gasteiger partial charge in [0, 0.05) is 39.6 Å². The van der Waals surface area contributed by atoms with Crippen LogP contribution in [-0.2, 0) is 14.6 Å². The maximum Gasteiger partial charge on any atom is 0.191 e. The predicted molar refractivity (Wildman–Crippen MR) is 91.1 cm³/mol. The van der Waals surface area contributed by atoms with Crippen molar-refractivity contribution in [2.45, 2.75) is 45.1 Å². The Bertz CT molecular complexity index is 459. The molecule has 2 N–H and O–H groups in total. The molecular formula is C15H31N3O3S.